The molecule has 0 aromatic carbocycles. The van der Waals surface area contributed by atoms with Crippen molar-refractivity contribution in [1.29, 1.82) is 5.26 Å². The van der Waals surface area contributed by atoms with Crippen LogP contribution < -0.4 is 5.32 Å². The quantitative estimate of drug-likeness (QED) is 0.771. The molecule has 1 aromatic rings. The van der Waals surface area contributed by atoms with Crippen LogP contribution >= 0.6 is 0 Å². The predicted molar refractivity (Wildman–Crippen MR) is 120 cm³/mol. The molecule has 0 radical (unpaired) electrons. The molecule has 0 spiro atoms. The molecule has 1 N–H and O–H groups in total. The van der Waals surface area contributed by atoms with E-state index >= 15 is 0 Å². The normalized spacial score (nSPS) is 44.1. The van der Waals surface area contributed by atoms with Gasteiger partial charge < -0.3 is 5.32 Å². The van der Waals surface area contributed by atoms with Gasteiger partial charge >= 0.3 is 0 Å². The average Bonchev–Trinajstić information content (AvgIpc) is 3.36. The maximum Gasteiger partial charge on any atom is 0.157 e. The number of hydrogen-bond acceptors (Lipinski definition) is 4. The molecule has 0 aliphatic heterocycles. The standard InChI is InChI=1S/C26H38N4O/c1-25(28-3)10-8-19-18(12-25)4-5-21-20(19)9-11-26(2)22(21)6-7-23(26)24(31)16-30-15-17(13-27)14-29-30/h14-15,18-23,28H,4-12,16H2,1-3H3/t18-,19+,20?,21-,22+,23-,25-,26+/m1/s1. The number of fused-ring (bicyclic) bond motifs is 5. The van der Waals surface area contributed by atoms with Gasteiger partial charge in [-0.15, -0.1) is 0 Å². The summed E-state index contributed by atoms with van der Waals surface area (Å²) in [6.45, 7) is 5.16. The Hall–Kier alpha value is -1.67. The van der Waals surface area contributed by atoms with Gasteiger partial charge in [-0.1, -0.05) is 6.92 Å². The molecule has 5 nitrogen and oxygen atoms in total. The largest absolute Gasteiger partial charge is 0.315 e. The van der Waals surface area contributed by atoms with Crippen LogP contribution in [0.1, 0.15) is 77.2 Å². The minimum absolute atomic E-state index is 0.157. The number of nitrogens with one attached hydrogen (secondary N) is 1. The van der Waals surface area contributed by atoms with Crippen LogP contribution in [0.5, 0.6) is 0 Å². The molecule has 4 aliphatic carbocycles. The lowest BCUT2D eigenvalue weighted by atomic mass is 9.48. The highest BCUT2D eigenvalue weighted by atomic mass is 16.1. The van der Waals surface area contributed by atoms with Crippen molar-refractivity contribution in [2.24, 2.45) is 40.9 Å². The fourth-order valence-corrected chi connectivity index (χ4v) is 8.64. The number of ketones is 1. The van der Waals surface area contributed by atoms with Crippen molar-refractivity contribution in [2.45, 2.75) is 83.7 Å². The molecule has 4 aliphatic rings. The third-order valence-corrected chi connectivity index (χ3v) is 10.3. The molecular weight excluding hydrogens is 384 g/mol. The third-order valence-electron chi connectivity index (χ3n) is 10.3. The molecular formula is C26H38N4O. The topological polar surface area (TPSA) is 70.7 Å². The lowest BCUT2D eigenvalue weighted by molar-refractivity contribution is -0.131. The van der Waals surface area contributed by atoms with Crippen LogP contribution in [0.3, 0.4) is 0 Å². The van der Waals surface area contributed by atoms with Gasteiger partial charge in [0.1, 0.15) is 6.07 Å². The highest BCUT2D eigenvalue weighted by Crippen LogP contribution is 2.64. The monoisotopic (exact) mass is 422 g/mol. The van der Waals surface area contributed by atoms with Crippen molar-refractivity contribution >= 4 is 5.78 Å². The summed E-state index contributed by atoms with van der Waals surface area (Å²) in [5.41, 5.74) is 1.02. The maximum absolute atomic E-state index is 13.3. The van der Waals surface area contributed by atoms with Crippen LogP contribution in [0.15, 0.2) is 12.4 Å². The fraction of sp³-hybridized carbons (Fsp3) is 0.808. The van der Waals surface area contributed by atoms with Gasteiger partial charge in [0.2, 0.25) is 0 Å². The van der Waals surface area contributed by atoms with Crippen molar-refractivity contribution in [3.8, 4) is 6.07 Å². The zero-order chi connectivity index (χ0) is 21.8. The Kier molecular flexibility index (Phi) is 5.28. The van der Waals surface area contributed by atoms with Gasteiger partial charge in [0.05, 0.1) is 18.3 Å². The molecule has 1 unspecified atom stereocenters. The molecule has 0 bridgehead atoms. The second kappa shape index (κ2) is 7.73. The first-order valence-electron chi connectivity index (χ1n) is 12.5. The smallest absolute Gasteiger partial charge is 0.157 e. The van der Waals surface area contributed by atoms with E-state index in [0.29, 0.717) is 29.3 Å². The summed E-state index contributed by atoms with van der Waals surface area (Å²) >= 11 is 0. The molecule has 5 rings (SSSR count). The van der Waals surface area contributed by atoms with Gasteiger partial charge in [0.25, 0.3) is 0 Å². The van der Waals surface area contributed by atoms with Crippen molar-refractivity contribution < 1.29 is 4.79 Å². The van der Waals surface area contributed by atoms with Crippen LogP contribution in [-0.2, 0) is 11.3 Å². The SMILES string of the molecule is CN[C@]1(C)CC[C@@H]2C3CC[C@]4(C)[C@@H](C(=O)Cn5cc(C#N)cn5)CC[C@H]4[C@@H]3CC[C@@H]2C1. The Morgan fingerprint density at radius 1 is 1.16 bits per heavy atom. The van der Waals surface area contributed by atoms with Crippen LogP contribution in [0, 0.1) is 52.3 Å². The van der Waals surface area contributed by atoms with E-state index in [4.69, 9.17) is 5.26 Å². The number of Topliss-reactive ketones (excluding diaryl/α,β-unsaturated/α-hetero) is 1. The Morgan fingerprint density at radius 3 is 2.71 bits per heavy atom. The molecule has 4 fully saturated rings. The molecule has 8 atom stereocenters. The van der Waals surface area contributed by atoms with Crippen LogP contribution in [0.4, 0.5) is 0 Å². The summed E-state index contributed by atoms with van der Waals surface area (Å²) in [4.78, 5) is 13.3. The Morgan fingerprint density at radius 2 is 1.97 bits per heavy atom. The number of nitrogens with zero attached hydrogens (tertiary/aromatic N) is 3. The molecule has 0 saturated heterocycles. The van der Waals surface area contributed by atoms with E-state index in [2.05, 4.69) is 37.4 Å². The van der Waals surface area contributed by atoms with Gasteiger partial charge in [0, 0.05) is 17.7 Å². The summed E-state index contributed by atoms with van der Waals surface area (Å²) in [7, 11) is 2.14. The Balaban J connectivity index is 1.29. The van der Waals surface area contributed by atoms with Gasteiger partial charge in [-0.3, -0.25) is 9.48 Å². The van der Waals surface area contributed by atoms with Gasteiger partial charge in [-0.25, -0.2) is 0 Å². The first-order chi connectivity index (χ1) is 14.9. The molecule has 0 amide bonds. The van der Waals surface area contributed by atoms with Crippen molar-refractivity contribution in [1.82, 2.24) is 15.1 Å². The Labute approximate surface area is 187 Å². The van der Waals surface area contributed by atoms with E-state index in [-0.39, 0.29) is 11.3 Å². The van der Waals surface area contributed by atoms with E-state index in [1.54, 1.807) is 17.1 Å². The number of nitriles is 1. The second-order valence-corrected chi connectivity index (χ2v) is 11.7. The van der Waals surface area contributed by atoms with Gasteiger partial charge in [-0.2, -0.15) is 10.4 Å². The zero-order valence-electron chi connectivity index (χ0n) is 19.4. The van der Waals surface area contributed by atoms with Gasteiger partial charge in [0.15, 0.2) is 5.78 Å². The lowest BCUT2D eigenvalue weighted by Gasteiger charge is -2.57. The molecule has 1 heterocycles. The summed E-state index contributed by atoms with van der Waals surface area (Å²) in [6.07, 6.45) is 14.9. The second-order valence-electron chi connectivity index (χ2n) is 11.7. The fourth-order valence-electron chi connectivity index (χ4n) is 8.64. The van der Waals surface area contributed by atoms with E-state index < -0.39 is 0 Å². The highest BCUT2D eigenvalue weighted by Gasteiger charge is 2.58. The summed E-state index contributed by atoms with van der Waals surface area (Å²) < 4.78 is 1.66. The van der Waals surface area contributed by atoms with Crippen LogP contribution in [0.2, 0.25) is 0 Å². The number of carbonyl (C=O) groups is 1. The van der Waals surface area contributed by atoms with E-state index in [1.807, 2.05) is 0 Å². The van der Waals surface area contributed by atoms with Gasteiger partial charge in [-0.05, 0) is 107 Å². The first-order valence-corrected chi connectivity index (χ1v) is 12.5. The molecule has 4 saturated carbocycles. The Bertz CT molecular complexity index is 886. The number of aromatic nitrogens is 2. The number of carbonyl (C=O) groups excluding carboxylic acids is 1. The van der Waals surface area contributed by atoms with Crippen molar-refractivity contribution in [3.63, 3.8) is 0 Å². The van der Waals surface area contributed by atoms with E-state index in [9.17, 15) is 4.79 Å². The summed E-state index contributed by atoms with van der Waals surface area (Å²) in [5, 5.41) is 16.9. The van der Waals surface area contributed by atoms with Crippen molar-refractivity contribution in [3.05, 3.63) is 18.0 Å². The molecule has 168 valence electrons. The lowest BCUT2D eigenvalue weighted by Crippen LogP contribution is -2.53. The summed E-state index contributed by atoms with van der Waals surface area (Å²) in [5.74, 6) is 4.71. The van der Waals surface area contributed by atoms with Crippen molar-refractivity contribution in [2.75, 3.05) is 7.05 Å². The summed E-state index contributed by atoms with van der Waals surface area (Å²) in [6, 6.07) is 2.11. The first kappa shape index (κ1) is 21.2. The number of hydrogen-bond donors (Lipinski definition) is 1. The van der Waals surface area contributed by atoms with Crippen LogP contribution in [-0.4, -0.2) is 28.2 Å². The highest BCUT2D eigenvalue weighted by molar-refractivity contribution is 5.82. The van der Waals surface area contributed by atoms with E-state index in [1.165, 1.54) is 51.4 Å². The van der Waals surface area contributed by atoms with E-state index in [0.717, 1.165) is 30.1 Å². The molecule has 1 aromatic heterocycles. The predicted octanol–water partition coefficient (Wildman–Crippen LogP) is 4.57. The minimum Gasteiger partial charge on any atom is -0.315 e. The third kappa shape index (κ3) is 3.46. The maximum atomic E-state index is 13.3. The molecule has 5 heteroatoms. The number of rotatable bonds is 4. The van der Waals surface area contributed by atoms with Crippen LogP contribution in [0.25, 0.3) is 0 Å². The molecule has 31 heavy (non-hydrogen) atoms. The minimum atomic E-state index is 0.157. The zero-order valence-corrected chi connectivity index (χ0v) is 19.4. The average molecular weight is 423 g/mol.